The molecule has 1 aromatic rings. The van der Waals surface area contributed by atoms with Crippen LogP contribution in [0.2, 0.25) is 0 Å². The first-order valence-corrected chi connectivity index (χ1v) is 7.72. The number of piperidine rings is 1. The summed E-state index contributed by atoms with van der Waals surface area (Å²) in [6, 6.07) is 3.08. The van der Waals surface area contributed by atoms with Gasteiger partial charge in [0.25, 0.3) is 0 Å². The highest BCUT2D eigenvalue weighted by molar-refractivity contribution is 7.89. The first-order chi connectivity index (χ1) is 9.07. The minimum atomic E-state index is -3.44. The molecule has 0 saturated carbocycles. The summed E-state index contributed by atoms with van der Waals surface area (Å²) in [5.74, 6) is 0.834. The molecule has 1 aromatic heterocycles. The molecule has 0 bridgehead atoms. The van der Waals surface area contributed by atoms with Crippen molar-refractivity contribution in [2.24, 2.45) is 11.7 Å². The van der Waals surface area contributed by atoms with Crippen molar-refractivity contribution in [1.82, 2.24) is 9.29 Å². The molecule has 1 aliphatic heterocycles. The maximum absolute atomic E-state index is 12.4. The highest BCUT2D eigenvalue weighted by Gasteiger charge is 2.29. The minimum absolute atomic E-state index is 0.208. The van der Waals surface area contributed by atoms with Crippen LogP contribution in [0.3, 0.4) is 0 Å². The molecule has 2 N–H and O–H groups in total. The molecule has 1 saturated heterocycles. The number of sulfonamides is 1. The molecule has 1 aliphatic rings. The fourth-order valence-corrected chi connectivity index (χ4v) is 3.59. The summed E-state index contributed by atoms with van der Waals surface area (Å²) in [6.07, 6.45) is 2.97. The quantitative estimate of drug-likeness (QED) is 0.868. The van der Waals surface area contributed by atoms with Crippen LogP contribution >= 0.6 is 0 Å². The lowest BCUT2D eigenvalue weighted by Gasteiger charge is -2.30. The van der Waals surface area contributed by atoms with Gasteiger partial charge in [-0.05, 0) is 31.4 Å². The van der Waals surface area contributed by atoms with Crippen LogP contribution in [0.5, 0.6) is 5.88 Å². The second-order valence-electron chi connectivity index (χ2n) is 4.62. The molecule has 0 unspecified atom stereocenters. The van der Waals surface area contributed by atoms with E-state index in [9.17, 15) is 8.42 Å². The lowest BCUT2D eigenvalue weighted by atomic mass is 9.99. The first-order valence-electron chi connectivity index (χ1n) is 6.28. The Kier molecular flexibility index (Phi) is 4.38. The number of methoxy groups -OCH3 is 1. The number of nitrogens with zero attached hydrogens (tertiary/aromatic N) is 2. The summed E-state index contributed by atoms with van der Waals surface area (Å²) in [5.41, 5.74) is 5.61. The van der Waals surface area contributed by atoms with E-state index in [2.05, 4.69) is 4.98 Å². The fourth-order valence-electron chi connectivity index (χ4n) is 2.17. The summed E-state index contributed by atoms with van der Waals surface area (Å²) in [5, 5.41) is 0. The van der Waals surface area contributed by atoms with Crippen molar-refractivity contribution in [3.05, 3.63) is 18.3 Å². The molecular formula is C12H19N3O3S. The molecule has 6 nitrogen and oxygen atoms in total. The van der Waals surface area contributed by atoms with Crippen LogP contribution in [-0.4, -0.2) is 44.5 Å². The largest absolute Gasteiger partial charge is 0.481 e. The number of pyridine rings is 1. The van der Waals surface area contributed by atoms with Gasteiger partial charge in [0.2, 0.25) is 15.9 Å². The van der Waals surface area contributed by atoms with Crippen LogP contribution in [0.25, 0.3) is 0 Å². The molecule has 2 heterocycles. The third kappa shape index (κ3) is 3.05. The van der Waals surface area contributed by atoms with Gasteiger partial charge in [-0.1, -0.05) is 0 Å². The van der Waals surface area contributed by atoms with E-state index in [1.807, 2.05) is 0 Å². The van der Waals surface area contributed by atoms with E-state index in [1.165, 1.54) is 23.7 Å². The summed E-state index contributed by atoms with van der Waals surface area (Å²) >= 11 is 0. The monoisotopic (exact) mass is 285 g/mol. The zero-order chi connectivity index (χ0) is 13.9. The molecule has 0 radical (unpaired) electrons. The first kappa shape index (κ1) is 14.2. The number of ether oxygens (including phenoxy) is 1. The van der Waals surface area contributed by atoms with Crippen LogP contribution in [0.15, 0.2) is 23.2 Å². The summed E-state index contributed by atoms with van der Waals surface area (Å²) in [4.78, 5) is 4.15. The van der Waals surface area contributed by atoms with Gasteiger partial charge in [-0.15, -0.1) is 0 Å². The smallest absolute Gasteiger partial charge is 0.244 e. The van der Waals surface area contributed by atoms with E-state index < -0.39 is 10.0 Å². The third-order valence-electron chi connectivity index (χ3n) is 3.46. The Labute approximate surface area is 113 Å². The van der Waals surface area contributed by atoms with Gasteiger partial charge in [-0.3, -0.25) is 0 Å². The van der Waals surface area contributed by atoms with Crippen molar-refractivity contribution in [3.63, 3.8) is 0 Å². The Bertz CT molecular complexity index is 508. The Morgan fingerprint density at radius 1 is 1.42 bits per heavy atom. The van der Waals surface area contributed by atoms with Gasteiger partial charge >= 0.3 is 0 Å². The Morgan fingerprint density at radius 2 is 2.11 bits per heavy atom. The Balaban J connectivity index is 2.13. The standard InChI is InChI=1S/C12H19N3O3S/c1-18-12-3-2-11(9-14-12)19(16,17)15-6-4-10(8-13)5-7-15/h2-3,9-10H,4-8,13H2,1H3. The van der Waals surface area contributed by atoms with Crippen molar-refractivity contribution in [1.29, 1.82) is 0 Å². The van der Waals surface area contributed by atoms with Crippen LogP contribution < -0.4 is 10.5 Å². The van der Waals surface area contributed by atoms with Crippen molar-refractivity contribution in [2.75, 3.05) is 26.7 Å². The fraction of sp³-hybridized carbons (Fsp3) is 0.583. The molecule has 0 atom stereocenters. The molecule has 106 valence electrons. The second-order valence-corrected chi connectivity index (χ2v) is 6.56. The lowest BCUT2D eigenvalue weighted by Crippen LogP contribution is -2.40. The van der Waals surface area contributed by atoms with Crippen molar-refractivity contribution < 1.29 is 13.2 Å². The number of rotatable bonds is 4. The van der Waals surface area contributed by atoms with Gasteiger partial charge < -0.3 is 10.5 Å². The minimum Gasteiger partial charge on any atom is -0.481 e. The van der Waals surface area contributed by atoms with E-state index >= 15 is 0 Å². The highest BCUT2D eigenvalue weighted by Crippen LogP contribution is 2.23. The summed E-state index contributed by atoms with van der Waals surface area (Å²) in [7, 11) is -1.95. The lowest BCUT2D eigenvalue weighted by molar-refractivity contribution is 0.278. The number of hydrogen-bond acceptors (Lipinski definition) is 5. The van der Waals surface area contributed by atoms with Crippen molar-refractivity contribution in [3.8, 4) is 5.88 Å². The number of hydrogen-bond donors (Lipinski definition) is 1. The molecular weight excluding hydrogens is 266 g/mol. The Morgan fingerprint density at radius 3 is 2.58 bits per heavy atom. The number of aromatic nitrogens is 1. The van der Waals surface area contributed by atoms with Gasteiger partial charge in [0, 0.05) is 19.2 Å². The highest BCUT2D eigenvalue weighted by atomic mass is 32.2. The molecule has 7 heteroatoms. The summed E-state index contributed by atoms with van der Waals surface area (Å²) in [6.45, 7) is 1.67. The van der Waals surface area contributed by atoms with E-state index in [0.717, 1.165) is 12.8 Å². The maximum atomic E-state index is 12.4. The van der Waals surface area contributed by atoms with Gasteiger partial charge in [-0.2, -0.15) is 4.31 Å². The summed E-state index contributed by atoms with van der Waals surface area (Å²) < 4.78 is 31.2. The molecule has 0 spiro atoms. The Hall–Kier alpha value is -1.18. The van der Waals surface area contributed by atoms with E-state index in [0.29, 0.717) is 31.4 Å². The van der Waals surface area contributed by atoms with Crippen molar-refractivity contribution >= 4 is 10.0 Å². The average Bonchev–Trinajstić information content (AvgIpc) is 2.47. The average molecular weight is 285 g/mol. The molecule has 0 aromatic carbocycles. The second kappa shape index (κ2) is 5.85. The maximum Gasteiger partial charge on any atom is 0.244 e. The topological polar surface area (TPSA) is 85.5 Å². The molecule has 2 rings (SSSR count). The van der Waals surface area contributed by atoms with Crippen LogP contribution in [-0.2, 0) is 10.0 Å². The molecule has 0 aliphatic carbocycles. The van der Waals surface area contributed by atoms with Gasteiger partial charge in [0.1, 0.15) is 4.90 Å². The zero-order valence-electron chi connectivity index (χ0n) is 10.9. The third-order valence-corrected chi connectivity index (χ3v) is 5.35. The van der Waals surface area contributed by atoms with Crippen LogP contribution in [0, 0.1) is 5.92 Å². The van der Waals surface area contributed by atoms with E-state index in [4.69, 9.17) is 10.5 Å². The zero-order valence-corrected chi connectivity index (χ0v) is 11.8. The van der Waals surface area contributed by atoms with Gasteiger partial charge in [-0.25, -0.2) is 13.4 Å². The molecule has 1 fully saturated rings. The predicted molar refractivity (Wildman–Crippen MR) is 71.3 cm³/mol. The van der Waals surface area contributed by atoms with Gasteiger partial charge in [0.05, 0.1) is 13.3 Å². The predicted octanol–water partition coefficient (Wildman–Crippen LogP) is 0.450. The van der Waals surface area contributed by atoms with E-state index in [1.54, 1.807) is 6.07 Å². The van der Waals surface area contributed by atoms with E-state index in [-0.39, 0.29) is 4.90 Å². The van der Waals surface area contributed by atoms with Crippen molar-refractivity contribution in [2.45, 2.75) is 17.7 Å². The van der Waals surface area contributed by atoms with Gasteiger partial charge in [0.15, 0.2) is 0 Å². The van der Waals surface area contributed by atoms with Crippen LogP contribution in [0.1, 0.15) is 12.8 Å². The number of nitrogens with two attached hydrogens (primary N) is 1. The molecule has 19 heavy (non-hydrogen) atoms. The molecule has 0 amide bonds. The van der Waals surface area contributed by atoms with Crippen LogP contribution in [0.4, 0.5) is 0 Å². The normalized spacial score (nSPS) is 18.4. The SMILES string of the molecule is COc1ccc(S(=O)(=O)N2CCC(CN)CC2)cn1.